The summed E-state index contributed by atoms with van der Waals surface area (Å²) in [4.78, 5) is 27.5. The molecule has 2 aliphatic rings. The highest BCUT2D eigenvalue weighted by molar-refractivity contribution is 7.99. The molecule has 1 unspecified atom stereocenters. The highest BCUT2D eigenvalue weighted by atomic mass is 32.2. The Bertz CT molecular complexity index is 1150. The number of anilines is 1. The van der Waals surface area contributed by atoms with Gasteiger partial charge < -0.3 is 14.6 Å². The Kier molecular flexibility index (Phi) is 6.37. The van der Waals surface area contributed by atoms with Crippen molar-refractivity contribution >= 4 is 39.3 Å². The van der Waals surface area contributed by atoms with E-state index in [0.29, 0.717) is 30.4 Å². The third kappa shape index (κ3) is 4.31. The van der Waals surface area contributed by atoms with Crippen molar-refractivity contribution in [3.05, 3.63) is 46.9 Å². The summed E-state index contributed by atoms with van der Waals surface area (Å²) in [5.74, 6) is 0.148. The van der Waals surface area contributed by atoms with Gasteiger partial charge in [-0.2, -0.15) is 4.31 Å². The smallest absolute Gasteiger partial charge is 0.291 e. The standard InChI is InChI=1S/C22H27N3O5S2/c1-14-6-7-17(10-15(14)2)23-21(26)18-12-31-13-25(18)22(27)19-11-20(16(3)30-19)32(28,29)24-8-4-5-9-24/h6-7,10-11,18H,4-5,8-9,12-13H2,1-3H3,(H,23,26). The number of rotatable bonds is 5. The van der Waals surface area contributed by atoms with Crippen molar-refractivity contribution in [2.24, 2.45) is 0 Å². The molecule has 0 aliphatic carbocycles. The number of furan rings is 1. The van der Waals surface area contributed by atoms with Gasteiger partial charge in [0.25, 0.3) is 5.91 Å². The monoisotopic (exact) mass is 477 g/mol. The molecule has 1 aromatic heterocycles. The lowest BCUT2D eigenvalue weighted by Gasteiger charge is -2.22. The molecule has 0 radical (unpaired) electrons. The van der Waals surface area contributed by atoms with Crippen LogP contribution >= 0.6 is 11.8 Å². The van der Waals surface area contributed by atoms with Gasteiger partial charge in [-0.05, 0) is 56.9 Å². The number of amides is 2. The van der Waals surface area contributed by atoms with Crippen LogP contribution in [0.4, 0.5) is 5.69 Å². The van der Waals surface area contributed by atoms with Gasteiger partial charge in [-0.15, -0.1) is 11.8 Å². The Balaban J connectivity index is 1.52. The maximum atomic E-state index is 13.2. The lowest BCUT2D eigenvalue weighted by atomic mass is 10.1. The normalized spacial score (nSPS) is 19.5. The number of thioether (sulfide) groups is 1. The molecule has 0 saturated carbocycles. The number of hydrogen-bond acceptors (Lipinski definition) is 6. The molecule has 2 fully saturated rings. The number of sulfonamides is 1. The number of aryl methyl sites for hydroxylation is 3. The average Bonchev–Trinajstić information content (AvgIpc) is 3.50. The minimum Gasteiger partial charge on any atom is -0.455 e. The van der Waals surface area contributed by atoms with Gasteiger partial charge >= 0.3 is 0 Å². The Hall–Kier alpha value is -2.30. The summed E-state index contributed by atoms with van der Waals surface area (Å²) in [6.45, 7) is 6.46. The summed E-state index contributed by atoms with van der Waals surface area (Å²) in [7, 11) is -3.70. The minimum absolute atomic E-state index is 0.0192. The van der Waals surface area contributed by atoms with Gasteiger partial charge in [0, 0.05) is 30.6 Å². The Morgan fingerprint density at radius 1 is 1.09 bits per heavy atom. The number of benzene rings is 1. The maximum Gasteiger partial charge on any atom is 0.291 e. The van der Waals surface area contributed by atoms with Gasteiger partial charge in [0.1, 0.15) is 16.7 Å². The molecular weight excluding hydrogens is 450 g/mol. The van der Waals surface area contributed by atoms with Crippen molar-refractivity contribution in [1.82, 2.24) is 9.21 Å². The van der Waals surface area contributed by atoms with Crippen molar-refractivity contribution in [1.29, 1.82) is 0 Å². The first-order valence-electron chi connectivity index (χ1n) is 10.6. The first kappa shape index (κ1) is 22.9. The van der Waals surface area contributed by atoms with Crippen molar-refractivity contribution in [3.8, 4) is 0 Å². The zero-order valence-electron chi connectivity index (χ0n) is 18.4. The fourth-order valence-electron chi connectivity index (χ4n) is 3.94. The molecule has 2 aromatic rings. The number of carbonyl (C=O) groups excluding carboxylic acids is 2. The van der Waals surface area contributed by atoms with Crippen LogP contribution in [0.25, 0.3) is 0 Å². The molecule has 8 nitrogen and oxygen atoms in total. The fraction of sp³-hybridized carbons (Fsp3) is 0.455. The number of nitrogens with zero attached hydrogens (tertiary/aromatic N) is 2. The van der Waals surface area contributed by atoms with E-state index < -0.39 is 22.0 Å². The van der Waals surface area contributed by atoms with E-state index >= 15 is 0 Å². The summed E-state index contributed by atoms with van der Waals surface area (Å²) in [6.07, 6.45) is 1.65. The van der Waals surface area contributed by atoms with Crippen LogP contribution in [-0.2, 0) is 14.8 Å². The molecule has 32 heavy (non-hydrogen) atoms. The third-order valence-electron chi connectivity index (χ3n) is 5.99. The zero-order valence-corrected chi connectivity index (χ0v) is 20.0. The molecule has 3 heterocycles. The second-order valence-corrected chi connectivity index (χ2v) is 11.1. The highest BCUT2D eigenvalue weighted by Crippen LogP contribution is 2.30. The van der Waals surface area contributed by atoms with Crippen LogP contribution in [0.5, 0.6) is 0 Å². The molecule has 2 saturated heterocycles. The Morgan fingerprint density at radius 3 is 2.50 bits per heavy atom. The van der Waals surface area contributed by atoms with Gasteiger partial charge in [0.2, 0.25) is 15.9 Å². The second kappa shape index (κ2) is 8.92. The van der Waals surface area contributed by atoms with E-state index in [9.17, 15) is 18.0 Å². The van der Waals surface area contributed by atoms with Gasteiger partial charge in [-0.1, -0.05) is 6.07 Å². The van der Waals surface area contributed by atoms with Crippen LogP contribution in [0, 0.1) is 20.8 Å². The first-order chi connectivity index (χ1) is 15.2. The van der Waals surface area contributed by atoms with Crippen LogP contribution < -0.4 is 5.32 Å². The Labute approximate surface area is 192 Å². The van der Waals surface area contributed by atoms with Crippen molar-refractivity contribution in [2.75, 3.05) is 30.0 Å². The number of carbonyl (C=O) groups is 2. The van der Waals surface area contributed by atoms with Gasteiger partial charge in [-0.25, -0.2) is 8.42 Å². The van der Waals surface area contributed by atoms with Crippen LogP contribution in [0.1, 0.15) is 40.3 Å². The largest absolute Gasteiger partial charge is 0.455 e. The van der Waals surface area contributed by atoms with Crippen LogP contribution in [0.2, 0.25) is 0 Å². The van der Waals surface area contributed by atoms with Crippen LogP contribution in [-0.4, -0.2) is 60.2 Å². The summed E-state index contributed by atoms with van der Waals surface area (Å²) >= 11 is 1.47. The van der Waals surface area contributed by atoms with E-state index in [1.807, 2.05) is 32.0 Å². The van der Waals surface area contributed by atoms with Gasteiger partial charge in [0.15, 0.2) is 5.76 Å². The molecule has 10 heteroatoms. The molecule has 0 spiro atoms. The summed E-state index contributed by atoms with van der Waals surface area (Å²) in [6, 6.07) is 6.29. The predicted octanol–water partition coefficient (Wildman–Crippen LogP) is 3.14. The summed E-state index contributed by atoms with van der Waals surface area (Å²) in [5.41, 5.74) is 2.87. The molecule has 1 N–H and O–H groups in total. The molecule has 1 aromatic carbocycles. The quantitative estimate of drug-likeness (QED) is 0.710. The van der Waals surface area contributed by atoms with Gasteiger partial charge in [0.05, 0.1) is 5.88 Å². The molecule has 0 bridgehead atoms. The third-order valence-corrected chi connectivity index (χ3v) is 9.00. The lowest BCUT2D eigenvalue weighted by Crippen LogP contribution is -2.44. The topological polar surface area (TPSA) is 99.9 Å². The SMILES string of the molecule is Cc1ccc(NC(=O)C2CSCN2C(=O)c2cc(S(=O)(=O)N3CCCC3)c(C)o2)cc1C. The number of hydrogen-bond donors (Lipinski definition) is 1. The number of nitrogens with one attached hydrogen (secondary N) is 1. The molecule has 172 valence electrons. The first-order valence-corrected chi connectivity index (χ1v) is 13.2. The molecular formula is C22H27N3O5S2. The molecule has 2 amide bonds. The van der Waals surface area contributed by atoms with Crippen LogP contribution in [0.15, 0.2) is 33.6 Å². The molecule has 1 atom stereocenters. The van der Waals surface area contributed by atoms with Gasteiger partial charge in [-0.3, -0.25) is 9.59 Å². The van der Waals surface area contributed by atoms with E-state index in [0.717, 1.165) is 24.0 Å². The molecule has 4 rings (SSSR count). The van der Waals surface area contributed by atoms with Crippen LogP contribution in [0.3, 0.4) is 0 Å². The van der Waals surface area contributed by atoms with E-state index in [4.69, 9.17) is 4.42 Å². The van der Waals surface area contributed by atoms with E-state index in [1.165, 1.54) is 27.0 Å². The molecule has 2 aliphatic heterocycles. The second-order valence-electron chi connectivity index (χ2n) is 8.22. The highest BCUT2D eigenvalue weighted by Gasteiger charge is 2.38. The average molecular weight is 478 g/mol. The summed E-state index contributed by atoms with van der Waals surface area (Å²) < 4.78 is 32.8. The summed E-state index contributed by atoms with van der Waals surface area (Å²) in [5, 5.41) is 2.89. The Morgan fingerprint density at radius 2 is 1.81 bits per heavy atom. The van der Waals surface area contributed by atoms with Crippen molar-refractivity contribution in [3.63, 3.8) is 0 Å². The lowest BCUT2D eigenvalue weighted by molar-refractivity contribution is -0.119. The van der Waals surface area contributed by atoms with E-state index in [2.05, 4.69) is 5.32 Å². The minimum atomic E-state index is -3.70. The predicted molar refractivity (Wildman–Crippen MR) is 123 cm³/mol. The van der Waals surface area contributed by atoms with E-state index in [1.54, 1.807) is 6.92 Å². The zero-order chi connectivity index (χ0) is 23.0. The van der Waals surface area contributed by atoms with Crippen molar-refractivity contribution < 1.29 is 22.4 Å². The fourth-order valence-corrected chi connectivity index (χ4v) is 6.77. The van der Waals surface area contributed by atoms with E-state index in [-0.39, 0.29) is 22.3 Å². The van der Waals surface area contributed by atoms with Crippen molar-refractivity contribution in [2.45, 2.75) is 44.6 Å². The maximum absolute atomic E-state index is 13.2.